The van der Waals surface area contributed by atoms with E-state index in [-0.39, 0.29) is 0 Å². The number of anilines is 1. The van der Waals surface area contributed by atoms with Crippen LogP contribution in [0, 0.1) is 0 Å². The summed E-state index contributed by atoms with van der Waals surface area (Å²) in [7, 11) is 1.71. The van der Waals surface area contributed by atoms with Crippen molar-refractivity contribution in [2.45, 2.75) is 6.42 Å². The first-order valence-corrected chi connectivity index (χ1v) is 8.02. The summed E-state index contributed by atoms with van der Waals surface area (Å²) in [5.74, 6) is 0. The average Bonchev–Trinajstić information content (AvgIpc) is 2.52. The van der Waals surface area contributed by atoms with Gasteiger partial charge >= 0.3 is 0 Å². The Morgan fingerprint density at radius 3 is 2.67 bits per heavy atom. The number of para-hydroxylation sites is 1. The van der Waals surface area contributed by atoms with Gasteiger partial charge in [0.15, 0.2) is 5.11 Å². The lowest BCUT2D eigenvalue weighted by atomic mass is 10.2. The molecule has 0 saturated carbocycles. The van der Waals surface area contributed by atoms with Crippen LogP contribution in [-0.4, -0.2) is 56.5 Å². The Bertz CT molecular complexity index is 464. The van der Waals surface area contributed by atoms with Crippen LogP contribution in [0.25, 0.3) is 0 Å². The molecule has 116 valence electrons. The molecule has 0 atom stereocenters. The molecule has 4 nitrogen and oxygen atoms in total. The lowest BCUT2D eigenvalue weighted by Crippen LogP contribution is -2.52. The molecule has 0 spiro atoms. The molecule has 6 heteroatoms. The maximum Gasteiger partial charge on any atom is 0.169 e. The maximum atomic E-state index is 6.25. The monoisotopic (exact) mass is 327 g/mol. The third kappa shape index (κ3) is 4.73. The zero-order chi connectivity index (χ0) is 15.1. The standard InChI is InChI=1S/C15H22ClN3OS/c1-20-12-4-7-17-15(21)19-10-8-18(9-11-19)14-6-3-2-5-13(14)16/h2-3,5-6H,4,7-12H2,1H3,(H,17,21). The highest BCUT2D eigenvalue weighted by molar-refractivity contribution is 7.80. The number of nitrogens with one attached hydrogen (secondary N) is 1. The Hall–Kier alpha value is -1.04. The molecule has 0 radical (unpaired) electrons. The highest BCUT2D eigenvalue weighted by atomic mass is 35.5. The molecule has 1 saturated heterocycles. The summed E-state index contributed by atoms with van der Waals surface area (Å²) >= 11 is 11.7. The molecule has 0 unspecified atom stereocenters. The number of hydrogen-bond donors (Lipinski definition) is 1. The van der Waals surface area contributed by atoms with Crippen LogP contribution in [-0.2, 0) is 4.74 Å². The molecular weight excluding hydrogens is 306 g/mol. The minimum Gasteiger partial charge on any atom is -0.385 e. The summed E-state index contributed by atoms with van der Waals surface area (Å²) in [5.41, 5.74) is 1.11. The van der Waals surface area contributed by atoms with Crippen molar-refractivity contribution in [1.29, 1.82) is 0 Å². The number of benzene rings is 1. The second kappa shape index (κ2) is 8.41. The van der Waals surface area contributed by atoms with Gasteiger partial charge in [0.05, 0.1) is 10.7 Å². The number of nitrogens with zero attached hydrogens (tertiary/aromatic N) is 2. The molecule has 0 bridgehead atoms. The predicted octanol–water partition coefficient (Wildman–Crippen LogP) is 2.37. The van der Waals surface area contributed by atoms with Crippen molar-refractivity contribution in [3.05, 3.63) is 29.3 Å². The third-order valence-corrected chi connectivity index (χ3v) is 4.28. The van der Waals surface area contributed by atoms with E-state index in [0.29, 0.717) is 0 Å². The Morgan fingerprint density at radius 2 is 2.00 bits per heavy atom. The number of hydrogen-bond acceptors (Lipinski definition) is 3. The molecule has 0 aliphatic carbocycles. The van der Waals surface area contributed by atoms with Crippen LogP contribution in [0.5, 0.6) is 0 Å². The highest BCUT2D eigenvalue weighted by Gasteiger charge is 2.20. The summed E-state index contributed by atoms with van der Waals surface area (Å²) in [6.45, 7) is 5.32. The first-order valence-electron chi connectivity index (χ1n) is 7.23. The fourth-order valence-corrected chi connectivity index (χ4v) is 2.92. The molecule has 1 aliphatic heterocycles. The number of halogens is 1. The van der Waals surface area contributed by atoms with Crippen molar-refractivity contribution in [2.24, 2.45) is 0 Å². The van der Waals surface area contributed by atoms with Crippen molar-refractivity contribution in [3.63, 3.8) is 0 Å². The summed E-state index contributed by atoms with van der Waals surface area (Å²) in [6.07, 6.45) is 0.968. The second-order valence-corrected chi connectivity index (χ2v) is 5.80. The smallest absolute Gasteiger partial charge is 0.169 e. The maximum absolute atomic E-state index is 6.25. The Balaban J connectivity index is 1.78. The van der Waals surface area contributed by atoms with Gasteiger partial charge in [0.25, 0.3) is 0 Å². The van der Waals surface area contributed by atoms with E-state index in [4.69, 9.17) is 28.6 Å². The lowest BCUT2D eigenvalue weighted by molar-refractivity contribution is 0.195. The minimum atomic E-state index is 0.760. The molecule has 1 aromatic rings. The fourth-order valence-electron chi connectivity index (χ4n) is 2.38. The fraction of sp³-hybridized carbons (Fsp3) is 0.533. The SMILES string of the molecule is COCCCNC(=S)N1CCN(c2ccccc2Cl)CC1. The van der Waals surface area contributed by atoms with E-state index in [1.807, 2.05) is 18.2 Å². The third-order valence-electron chi connectivity index (χ3n) is 3.56. The van der Waals surface area contributed by atoms with Crippen molar-refractivity contribution in [3.8, 4) is 0 Å². The molecule has 1 fully saturated rings. The summed E-state index contributed by atoms with van der Waals surface area (Å²) in [5, 5.41) is 4.94. The van der Waals surface area contributed by atoms with Crippen molar-refractivity contribution < 1.29 is 4.74 Å². The Kier molecular flexibility index (Phi) is 6.54. The summed E-state index contributed by atoms with van der Waals surface area (Å²) < 4.78 is 5.03. The normalized spacial score (nSPS) is 15.1. The van der Waals surface area contributed by atoms with Crippen molar-refractivity contribution in [2.75, 3.05) is 51.3 Å². The zero-order valence-electron chi connectivity index (χ0n) is 12.3. The van der Waals surface area contributed by atoms with Crippen LogP contribution in [0.3, 0.4) is 0 Å². The number of rotatable bonds is 5. The van der Waals surface area contributed by atoms with Crippen LogP contribution in [0.1, 0.15) is 6.42 Å². The molecule has 1 aromatic carbocycles. The number of thiocarbonyl (C=S) groups is 1. The van der Waals surface area contributed by atoms with Gasteiger partial charge in [-0.2, -0.15) is 0 Å². The lowest BCUT2D eigenvalue weighted by Gasteiger charge is -2.37. The molecule has 21 heavy (non-hydrogen) atoms. The largest absolute Gasteiger partial charge is 0.385 e. The second-order valence-electron chi connectivity index (χ2n) is 5.00. The summed E-state index contributed by atoms with van der Waals surface area (Å²) in [6, 6.07) is 7.99. The van der Waals surface area contributed by atoms with Crippen LogP contribution in [0.2, 0.25) is 5.02 Å². The highest BCUT2D eigenvalue weighted by Crippen LogP contribution is 2.25. The average molecular weight is 328 g/mol. The first-order chi connectivity index (χ1) is 10.2. The molecule has 1 aliphatic rings. The Morgan fingerprint density at radius 1 is 1.29 bits per heavy atom. The quantitative estimate of drug-likeness (QED) is 0.662. The van der Waals surface area contributed by atoms with E-state index in [0.717, 1.165) is 61.6 Å². The molecule has 0 amide bonds. The van der Waals surface area contributed by atoms with Gasteiger partial charge in [0, 0.05) is 46.4 Å². The van der Waals surface area contributed by atoms with Gasteiger partial charge in [0.2, 0.25) is 0 Å². The van der Waals surface area contributed by atoms with Crippen LogP contribution in [0.4, 0.5) is 5.69 Å². The van der Waals surface area contributed by atoms with Crippen molar-refractivity contribution >= 4 is 34.6 Å². The minimum absolute atomic E-state index is 0.760. The predicted molar refractivity (Wildman–Crippen MR) is 92.3 cm³/mol. The topological polar surface area (TPSA) is 27.7 Å². The molecule has 1 N–H and O–H groups in total. The molecular formula is C15H22ClN3OS. The van der Waals surface area contributed by atoms with E-state index < -0.39 is 0 Å². The van der Waals surface area contributed by atoms with Crippen LogP contribution in [0.15, 0.2) is 24.3 Å². The molecule has 1 heterocycles. The van der Waals surface area contributed by atoms with E-state index in [1.165, 1.54) is 0 Å². The van der Waals surface area contributed by atoms with E-state index >= 15 is 0 Å². The van der Waals surface area contributed by atoms with Crippen LogP contribution >= 0.6 is 23.8 Å². The first kappa shape index (κ1) is 16.3. The zero-order valence-corrected chi connectivity index (χ0v) is 13.9. The molecule has 0 aromatic heterocycles. The number of methoxy groups -OCH3 is 1. The van der Waals surface area contributed by atoms with Gasteiger partial charge in [-0.1, -0.05) is 23.7 Å². The van der Waals surface area contributed by atoms with Gasteiger partial charge in [-0.15, -0.1) is 0 Å². The van der Waals surface area contributed by atoms with Gasteiger partial charge in [-0.05, 0) is 30.8 Å². The van der Waals surface area contributed by atoms with Crippen LogP contribution < -0.4 is 10.2 Å². The Labute approximate surface area is 137 Å². The van der Waals surface area contributed by atoms with Gasteiger partial charge in [-0.25, -0.2) is 0 Å². The molecule has 2 rings (SSSR count). The van der Waals surface area contributed by atoms with Crippen molar-refractivity contribution in [1.82, 2.24) is 10.2 Å². The van der Waals surface area contributed by atoms with Gasteiger partial charge in [-0.3, -0.25) is 0 Å². The summed E-state index contributed by atoms with van der Waals surface area (Å²) in [4.78, 5) is 4.53. The number of ether oxygens (including phenoxy) is 1. The van der Waals surface area contributed by atoms with E-state index in [2.05, 4.69) is 21.2 Å². The van der Waals surface area contributed by atoms with E-state index in [1.54, 1.807) is 7.11 Å². The van der Waals surface area contributed by atoms with Gasteiger partial charge in [0.1, 0.15) is 0 Å². The van der Waals surface area contributed by atoms with Gasteiger partial charge < -0.3 is 19.9 Å². The number of piperazine rings is 1. The van der Waals surface area contributed by atoms with E-state index in [9.17, 15) is 0 Å².